The highest BCUT2D eigenvalue weighted by molar-refractivity contribution is 5.69. The summed E-state index contributed by atoms with van der Waals surface area (Å²) in [5.41, 5.74) is -0.00986. The Labute approximate surface area is 104 Å². The topological polar surface area (TPSA) is 46.5 Å². The van der Waals surface area contributed by atoms with Crippen LogP contribution in [0.4, 0.5) is 0 Å². The van der Waals surface area contributed by atoms with Crippen LogP contribution >= 0.6 is 0 Å². The molecule has 2 aliphatic carbocycles. The molecule has 0 aromatic heterocycles. The van der Waals surface area contributed by atoms with Crippen LogP contribution < -0.4 is 0 Å². The van der Waals surface area contributed by atoms with Crippen molar-refractivity contribution in [3.05, 3.63) is 0 Å². The van der Waals surface area contributed by atoms with Crippen LogP contribution in [0.3, 0.4) is 0 Å². The fourth-order valence-electron chi connectivity index (χ4n) is 3.83. The monoisotopic (exact) mass is 240 g/mol. The SMILES string of the molecule is CCCC(=O)O[C@@H]1CC2C(O)CC1(C)C2(C)C. The van der Waals surface area contributed by atoms with Gasteiger partial charge in [0.25, 0.3) is 0 Å². The van der Waals surface area contributed by atoms with E-state index in [9.17, 15) is 9.90 Å². The largest absolute Gasteiger partial charge is 0.462 e. The van der Waals surface area contributed by atoms with E-state index in [-0.39, 0.29) is 34.9 Å². The molecule has 2 aliphatic rings. The van der Waals surface area contributed by atoms with Crippen LogP contribution in [-0.2, 0) is 9.53 Å². The highest BCUT2D eigenvalue weighted by atomic mass is 16.5. The van der Waals surface area contributed by atoms with Crippen molar-refractivity contribution in [2.24, 2.45) is 16.7 Å². The summed E-state index contributed by atoms with van der Waals surface area (Å²) in [6.45, 7) is 8.54. The number of carbonyl (C=O) groups excluding carboxylic acids is 1. The summed E-state index contributed by atoms with van der Waals surface area (Å²) in [7, 11) is 0. The average molecular weight is 240 g/mol. The minimum absolute atomic E-state index is 0.00931. The van der Waals surface area contributed by atoms with Gasteiger partial charge in [-0.05, 0) is 30.6 Å². The van der Waals surface area contributed by atoms with Crippen LogP contribution in [0.25, 0.3) is 0 Å². The first-order valence-corrected chi connectivity index (χ1v) is 6.70. The van der Waals surface area contributed by atoms with Gasteiger partial charge in [0.2, 0.25) is 0 Å². The molecule has 2 rings (SSSR count). The van der Waals surface area contributed by atoms with E-state index in [0.29, 0.717) is 6.42 Å². The molecule has 2 saturated carbocycles. The highest BCUT2D eigenvalue weighted by Crippen LogP contribution is 2.66. The first-order valence-electron chi connectivity index (χ1n) is 6.70. The number of esters is 1. The molecule has 3 nitrogen and oxygen atoms in total. The van der Waals surface area contributed by atoms with Gasteiger partial charge in [0, 0.05) is 11.8 Å². The van der Waals surface area contributed by atoms with Gasteiger partial charge in [-0.2, -0.15) is 0 Å². The molecule has 0 aromatic rings. The second-order valence-electron chi connectivity index (χ2n) is 6.48. The predicted molar refractivity (Wildman–Crippen MR) is 65.4 cm³/mol. The van der Waals surface area contributed by atoms with Gasteiger partial charge in [0.1, 0.15) is 6.10 Å². The summed E-state index contributed by atoms with van der Waals surface area (Å²) in [5, 5.41) is 10.0. The molecule has 4 atom stereocenters. The van der Waals surface area contributed by atoms with E-state index >= 15 is 0 Å². The van der Waals surface area contributed by atoms with E-state index in [0.717, 1.165) is 19.3 Å². The van der Waals surface area contributed by atoms with E-state index in [1.165, 1.54) is 0 Å². The normalized spacial score (nSPS) is 42.8. The summed E-state index contributed by atoms with van der Waals surface area (Å²) in [5.74, 6) is 0.184. The number of ether oxygens (including phenoxy) is 1. The van der Waals surface area contributed by atoms with Crippen molar-refractivity contribution in [3.63, 3.8) is 0 Å². The molecular weight excluding hydrogens is 216 g/mol. The van der Waals surface area contributed by atoms with E-state index in [1.54, 1.807) is 0 Å². The number of hydrogen-bond donors (Lipinski definition) is 1. The molecule has 2 bridgehead atoms. The first-order chi connectivity index (χ1) is 7.83. The molecule has 0 spiro atoms. The Bertz CT molecular complexity index is 323. The van der Waals surface area contributed by atoms with Crippen molar-refractivity contribution in [1.82, 2.24) is 0 Å². The number of aliphatic hydroxyl groups is 1. The van der Waals surface area contributed by atoms with E-state index in [2.05, 4.69) is 20.8 Å². The fourth-order valence-corrected chi connectivity index (χ4v) is 3.83. The predicted octanol–water partition coefficient (Wildman–Crippen LogP) is 2.52. The molecule has 0 heterocycles. The zero-order valence-electron chi connectivity index (χ0n) is 11.3. The van der Waals surface area contributed by atoms with Crippen molar-refractivity contribution < 1.29 is 14.6 Å². The van der Waals surface area contributed by atoms with Gasteiger partial charge < -0.3 is 9.84 Å². The number of fused-ring (bicyclic) bond motifs is 2. The summed E-state index contributed by atoms with van der Waals surface area (Å²) < 4.78 is 5.62. The minimum Gasteiger partial charge on any atom is -0.462 e. The van der Waals surface area contributed by atoms with Crippen molar-refractivity contribution in [2.75, 3.05) is 0 Å². The van der Waals surface area contributed by atoms with Crippen LogP contribution in [0, 0.1) is 16.7 Å². The molecular formula is C14H24O3. The zero-order valence-corrected chi connectivity index (χ0v) is 11.3. The van der Waals surface area contributed by atoms with Crippen LogP contribution in [-0.4, -0.2) is 23.3 Å². The first kappa shape index (κ1) is 12.9. The lowest BCUT2D eigenvalue weighted by atomic mass is 9.70. The smallest absolute Gasteiger partial charge is 0.306 e. The van der Waals surface area contributed by atoms with Crippen molar-refractivity contribution in [1.29, 1.82) is 0 Å². The van der Waals surface area contributed by atoms with Crippen molar-refractivity contribution in [3.8, 4) is 0 Å². The van der Waals surface area contributed by atoms with Crippen LogP contribution in [0.1, 0.15) is 53.4 Å². The quantitative estimate of drug-likeness (QED) is 0.771. The van der Waals surface area contributed by atoms with Gasteiger partial charge in [-0.25, -0.2) is 0 Å². The molecule has 17 heavy (non-hydrogen) atoms. The van der Waals surface area contributed by atoms with Crippen LogP contribution in [0.5, 0.6) is 0 Å². The van der Waals surface area contributed by atoms with Gasteiger partial charge in [0.05, 0.1) is 6.10 Å². The number of carbonyl (C=O) groups is 1. The summed E-state index contributed by atoms with van der Waals surface area (Å²) in [6.07, 6.45) is 2.67. The molecule has 0 aromatic carbocycles. The van der Waals surface area contributed by atoms with Gasteiger partial charge in [-0.1, -0.05) is 27.7 Å². The maximum Gasteiger partial charge on any atom is 0.306 e. The molecule has 2 fully saturated rings. The molecule has 3 unspecified atom stereocenters. The lowest BCUT2D eigenvalue weighted by molar-refractivity contribution is -0.158. The molecule has 1 N–H and O–H groups in total. The molecule has 3 heteroatoms. The van der Waals surface area contributed by atoms with Gasteiger partial charge in [-0.3, -0.25) is 4.79 Å². The Hall–Kier alpha value is -0.570. The number of hydrogen-bond acceptors (Lipinski definition) is 3. The minimum atomic E-state index is -0.226. The molecule has 0 amide bonds. The molecule has 0 radical (unpaired) electrons. The Kier molecular flexibility index (Phi) is 3.01. The highest BCUT2D eigenvalue weighted by Gasteiger charge is 2.66. The Morgan fingerprint density at radius 1 is 1.41 bits per heavy atom. The molecule has 98 valence electrons. The van der Waals surface area contributed by atoms with Gasteiger partial charge >= 0.3 is 5.97 Å². The summed E-state index contributed by atoms with van der Waals surface area (Å²) >= 11 is 0. The molecule has 0 aliphatic heterocycles. The third-order valence-corrected chi connectivity index (χ3v) is 5.40. The summed E-state index contributed by atoms with van der Waals surface area (Å²) in [4.78, 5) is 11.6. The van der Waals surface area contributed by atoms with Gasteiger partial charge in [-0.15, -0.1) is 0 Å². The number of aliphatic hydroxyl groups excluding tert-OH is 1. The van der Waals surface area contributed by atoms with Gasteiger partial charge in [0.15, 0.2) is 0 Å². The van der Waals surface area contributed by atoms with E-state index in [1.807, 2.05) is 6.92 Å². The van der Waals surface area contributed by atoms with Crippen LogP contribution in [0.2, 0.25) is 0 Å². The standard InChI is InChI=1S/C14H24O3/c1-5-6-12(16)17-11-7-9-10(15)8-14(11,4)13(9,2)3/h9-11,15H,5-8H2,1-4H3/t9?,10?,11-,14?/m1/s1. The maximum atomic E-state index is 11.6. The Morgan fingerprint density at radius 3 is 2.47 bits per heavy atom. The summed E-state index contributed by atoms with van der Waals surface area (Å²) in [6, 6.07) is 0. The van der Waals surface area contributed by atoms with Crippen molar-refractivity contribution in [2.45, 2.75) is 65.6 Å². The second kappa shape index (κ2) is 3.98. The van der Waals surface area contributed by atoms with Crippen LogP contribution in [0.15, 0.2) is 0 Å². The lowest BCUT2D eigenvalue weighted by Gasteiger charge is -2.38. The molecule has 0 saturated heterocycles. The number of rotatable bonds is 3. The zero-order chi connectivity index (χ0) is 12.8. The third-order valence-electron chi connectivity index (χ3n) is 5.40. The van der Waals surface area contributed by atoms with E-state index < -0.39 is 0 Å². The lowest BCUT2D eigenvalue weighted by Crippen LogP contribution is -2.39. The second-order valence-corrected chi connectivity index (χ2v) is 6.48. The maximum absolute atomic E-state index is 11.6. The average Bonchev–Trinajstić information content (AvgIpc) is 2.48. The fraction of sp³-hybridized carbons (Fsp3) is 0.929. The Morgan fingerprint density at radius 2 is 2.06 bits per heavy atom. The third kappa shape index (κ3) is 1.70. The van der Waals surface area contributed by atoms with Crippen molar-refractivity contribution >= 4 is 5.97 Å². The Balaban J connectivity index is 2.12. The van der Waals surface area contributed by atoms with E-state index in [4.69, 9.17) is 4.74 Å².